The van der Waals surface area contributed by atoms with Crippen molar-refractivity contribution < 1.29 is 18.0 Å². The van der Waals surface area contributed by atoms with Gasteiger partial charge in [-0.1, -0.05) is 11.3 Å². The minimum Gasteiger partial charge on any atom is -0.326 e. The third kappa shape index (κ3) is 4.53. The van der Waals surface area contributed by atoms with Gasteiger partial charge in [-0.05, 0) is 43.2 Å². The molecule has 0 spiro atoms. The third-order valence-corrected chi connectivity index (χ3v) is 8.97. The Labute approximate surface area is 182 Å². The van der Waals surface area contributed by atoms with E-state index in [1.54, 1.807) is 30.3 Å². The quantitative estimate of drug-likeness (QED) is 0.582. The summed E-state index contributed by atoms with van der Waals surface area (Å²) in [4.78, 5) is 28.7. The number of carbonyl (C=O) groups excluding carboxylic acids is 2. The van der Waals surface area contributed by atoms with Crippen LogP contribution in [0.2, 0.25) is 0 Å². The molecule has 1 aliphatic heterocycles. The van der Waals surface area contributed by atoms with Crippen LogP contribution in [0.15, 0.2) is 34.5 Å². The number of fused-ring (bicyclic) bond motifs is 1. The summed E-state index contributed by atoms with van der Waals surface area (Å²) >= 11 is 2.44. The molecule has 158 valence electrons. The number of hydrogen-bond acceptors (Lipinski definition) is 7. The van der Waals surface area contributed by atoms with Crippen LogP contribution >= 0.6 is 22.7 Å². The predicted octanol–water partition coefficient (Wildman–Crippen LogP) is 3.28. The monoisotopic (exact) mass is 464 g/mol. The summed E-state index contributed by atoms with van der Waals surface area (Å²) in [6.07, 6.45) is 1.84. The van der Waals surface area contributed by atoms with Crippen molar-refractivity contribution in [2.24, 2.45) is 0 Å². The lowest BCUT2D eigenvalue weighted by Crippen LogP contribution is -2.27. The molecule has 2 amide bonds. The molecule has 3 heterocycles. The second-order valence-electron chi connectivity index (χ2n) is 6.94. The fourth-order valence-electron chi connectivity index (χ4n) is 3.23. The molecule has 0 saturated carbocycles. The van der Waals surface area contributed by atoms with Crippen molar-refractivity contribution in [2.75, 3.05) is 23.7 Å². The lowest BCUT2D eigenvalue weighted by Gasteiger charge is -2.13. The summed E-state index contributed by atoms with van der Waals surface area (Å²) < 4.78 is 27.9. The Hall–Kier alpha value is -2.34. The summed E-state index contributed by atoms with van der Waals surface area (Å²) in [6.45, 7) is 2.55. The van der Waals surface area contributed by atoms with Crippen LogP contribution in [0.1, 0.15) is 24.6 Å². The number of nitrogens with zero attached hydrogens (tertiary/aromatic N) is 2. The molecule has 3 aromatic rings. The maximum atomic E-state index is 12.6. The molecule has 4 rings (SSSR count). The Morgan fingerprint density at radius 3 is 2.60 bits per heavy atom. The molecular weight excluding hydrogens is 444 g/mol. The zero-order valence-corrected chi connectivity index (χ0v) is 18.6. The van der Waals surface area contributed by atoms with Gasteiger partial charge in [-0.15, -0.1) is 11.3 Å². The molecule has 0 radical (unpaired) electrons. The van der Waals surface area contributed by atoms with Crippen LogP contribution in [0, 0.1) is 0 Å². The van der Waals surface area contributed by atoms with Crippen LogP contribution < -0.4 is 10.6 Å². The van der Waals surface area contributed by atoms with Crippen LogP contribution in [0.25, 0.3) is 10.2 Å². The first-order valence-electron chi connectivity index (χ1n) is 9.38. The Morgan fingerprint density at radius 2 is 1.87 bits per heavy atom. The molecule has 0 unspecified atom stereocenters. The first-order valence-corrected chi connectivity index (χ1v) is 12.5. The smallest absolute Gasteiger partial charge is 0.252 e. The van der Waals surface area contributed by atoms with Gasteiger partial charge in [0.25, 0.3) is 10.0 Å². The molecule has 1 fully saturated rings. The summed E-state index contributed by atoms with van der Waals surface area (Å²) in [5.41, 5.74) is 1.39. The zero-order valence-electron chi connectivity index (χ0n) is 16.2. The second kappa shape index (κ2) is 8.42. The lowest BCUT2D eigenvalue weighted by molar-refractivity contribution is -0.115. The fraction of sp³-hybridized carbons (Fsp3) is 0.316. The number of anilines is 2. The van der Waals surface area contributed by atoms with E-state index in [1.807, 2.05) is 0 Å². The normalized spacial score (nSPS) is 14.8. The van der Waals surface area contributed by atoms with Crippen LogP contribution in [0.4, 0.5) is 10.8 Å². The van der Waals surface area contributed by atoms with Gasteiger partial charge in [0, 0.05) is 30.6 Å². The van der Waals surface area contributed by atoms with Crippen LogP contribution in [-0.4, -0.2) is 42.6 Å². The van der Waals surface area contributed by atoms with E-state index in [2.05, 4.69) is 15.6 Å². The van der Waals surface area contributed by atoms with Crippen LogP contribution in [-0.2, 0) is 26.0 Å². The number of carbonyl (C=O) groups is 2. The number of sulfonamides is 1. The van der Waals surface area contributed by atoms with E-state index in [1.165, 1.54) is 22.6 Å². The van der Waals surface area contributed by atoms with Crippen molar-refractivity contribution in [3.63, 3.8) is 0 Å². The third-order valence-electron chi connectivity index (χ3n) is 4.59. The Bertz CT molecular complexity index is 1210. The second-order valence-corrected chi connectivity index (χ2v) is 11.3. The Morgan fingerprint density at radius 1 is 1.10 bits per heavy atom. The van der Waals surface area contributed by atoms with E-state index in [0.29, 0.717) is 28.8 Å². The van der Waals surface area contributed by atoms with E-state index in [0.717, 1.165) is 34.4 Å². The average molecular weight is 465 g/mol. The first-order chi connectivity index (χ1) is 14.3. The van der Waals surface area contributed by atoms with Crippen molar-refractivity contribution in [3.8, 4) is 0 Å². The summed E-state index contributed by atoms with van der Waals surface area (Å²) in [5.74, 6) is -0.419. The standard InChI is InChI=1S/C19H20N4O4S3/c1-12(24)20-13-4-6-15-16(10-13)29-19(21-15)22-17(25)11-14-5-7-18(28-14)30(26,27)23-8-2-3-9-23/h4-7,10H,2-3,8-9,11H2,1H3,(H,20,24)(H,21,22,25). The highest BCUT2D eigenvalue weighted by atomic mass is 32.2. The Kier molecular flexibility index (Phi) is 5.87. The minimum atomic E-state index is -3.46. The highest BCUT2D eigenvalue weighted by Crippen LogP contribution is 2.30. The number of aromatic nitrogens is 1. The molecule has 0 bridgehead atoms. The molecule has 1 aliphatic rings. The molecule has 1 aromatic carbocycles. The van der Waals surface area contributed by atoms with Gasteiger partial charge in [-0.3, -0.25) is 9.59 Å². The van der Waals surface area contributed by atoms with Crippen molar-refractivity contribution >= 4 is 65.5 Å². The van der Waals surface area contributed by atoms with Gasteiger partial charge >= 0.3 is 0 Å². The topological polar surface area (TPSA) is 108 Å². The molecular formula is C19H20N4O4S3. The van der Waals surface area contributed by atoms with Crippen LogP contribution in [0.5, 0.6) is 0 Å². The lowest BCUT2D eigenvalue weighted by atomic mass is 10.3. The summed E-state index contributed by atoms with van der Waals surface area (Å²) in [6, 6.07) is 8.59. The average Bonchev–Trinajstić information content (AvgIpc) is 3.41. The van der Waals surface area contributed by atoms with Crippen molar-refractivity contribution in [1.29, 1.82) is 0 Å². The van der Waals surface area contributed by atoms with E-state index < -0.39 is 10.0 Å². The number of hydrogen-bond donors (Lipinski definition) is 2. The van der Waals surface area contributed by atoms with Crippen LogP contribution in [0.3, 0.4) is 0 Å². The minimum absolute atomic E-state index is 0.0766. The number of thiazole rings is 1. The molecule has 1 saturated heterocycles. The zero-order chi connectivity index (χ0) is 21.3. The highest BCUT2D eigenvalue weighted by Gasteiger charge is 2.28. The van der Waals surface area contributed by atoms with Gasteiger partial charge in [0.1, 0.15) is 4.21 Å². The van der Waals surface area contributed by atoms with Gasteiger partial charge in [-0.25, -0.2) is 13.4 Å². The first kappa shape index (κ1) is 20.9. The molecule has 2 N–H and O–H groups in total. The predicted molar refractivity (Wildman–Crippen MR) is 119 cm³/mol. The van der Waals surface area contributed by atoms with Gasteiger partial charge in [0.2, 0.25) is 11.8 Å². The van der Waals surface area contributed by atoms with Gasteiger partial charge in [0.05, 0.1) is 16.6 Å². The molecule has 8 nitrogen and oxygen atoms in total. The van der Waals surface area contributed by atoms with E-state index in [-0.39, 0.29) is 22.4 Å². The summed E-state index contributed by atoms with van der Waals surface area (Å²) in [5, 5.41) is 5.94. The Balaban J connectivity index is 1.42. The number of rotatable bonds is 6. The van der Waals surface area contributed by atoms with Crippen molar-refractivity contribution in [3.05, 3.63) is 35.2 Å². The van der Waals surface area contributed by atoms with Crippen molar-refractivity contribution in [1.82, 2.24) is 9.29 Å². The molecule has 0 aliphatic carbocycles. The fourth-order valence-corrected chi connectivity index (χ4v) is 7.18. The van der Waals surface area contributed by atoms with E-state index >= 15 is 0 Å². The largest absolute Gasteiger partial charge is 0.326 e. The molecule has 11 heteroatoms. The van der Waals surface area contributed by atoms with Crippen molar-refractivity contribution in [2.45, 2.75) is 30.4 Å². The molecule has 2 aromatic heterocycles. The van der Waals surface area contributed by atoms with Gasteiger partial charge in [-0.2, -0.15) is 4.31 Å². The summed E-state index contributed by atoms with van der Waals surface area (Å²) in [7, 11) is -3.46. The highest BCUT2D eigenvalue weighted by molar-refractivity contribution is 7.91. The van der Waals surface area contributed by atoms with E-state index in [9.17, 15) is 18.0 Å². The number of amides is 2. The maximum Gasteiger partial charge on any atom is 0.252 e. The van der Waals surface area contributed by atoms with Gasteiger partial charge in [0.15, 0.2) is 5.13 Å². The van der Waals surface area contributed by atoms with E-state index in [4.69, 9.17) is 0 Å². The maximum absolute atomic E-state index is 12.6. The molecule has 30 heavy (non-hydrogen) atoms. The number of thiophene rings is 1. The number of nitrogens with one attached hydrogen (secondary N) is 2. The SMILES string of the molecule is CC(=O)Nc1ccc2nc(NC(=O)Cc3ccc(S(=O)(=O)N4CCCC4)s3)sc2c1. The number of benzene rings is 1. The van der Waals surface area contributed by atoms with Gasteiger partial charge < -0.3 is 10.6 Å². The molecule has 0 atom stereocenters.